The summed E-state index contributed by atoms with van der Waals surface area (Å²) in [4.78, 5) is 23.7. The third kappa shape index (κ3) is 3.62. The fraction of sp³-hybridized carbons (Fsp3) is 0.429. The van der Waals surface area contributed by atoms with E-state index in [1.165, 1.54) is 12.3 Å². The second kappa shape index (κ2) is 7.67. The molecule has 0 saturated heterocycles. The van der Waals surface area contributed by atoms with Crippen LogP contribution < -0.4 is 14.9 Å². The predicted octanol–water partition coefficient (Wildman–Crippen LogP) is 2.93. The van der Waals surface area contributed by atoms with Crippen molar-refractivity contribution in [1.82, 2.24) is 4.57 Å². The van der Waals surface area contributed by atoms with E-state index in [1.807, 2.05) is 30.5 Å². The molecule has 2 aromatic rings. The van der Waals surface area contributed by atoms with Gasteiger partial charge in [-0.1, -0.05) is 0 Å². The first-order valence-electron chi connectivity index (χ1n) is 9.12. The van der Waals surface area contributed by atoms with E-state index >= 15 is 0 Å². The lowest BCUT2D eigenvalue weighted by Crippen LogP contribution is -2.36. The molecule has 0 radical (unpaired) electrons. The normalized spacial score (nSPS) is 14.1. The van der Waals surface area contributed by atoms with Crippen LogP contribution in [0.4, 0.5) is 0 Å². The Labute approximate surface area is 163 Å². The molecule has 0 saturated carbocycles. The minimum atomic E-state index is -1.22. The first-order chi connectivity index (χ1) is 13.3. The number of ether oxygens (including phenoxy) is 3. The van der Waals surface area contributed by atoms with Crippen LogP contribution in [0.25, 0.3) is 11.3 Å². The molecule has 0 spiro atoms. The van der Waals surface area contributed by atoms with E-state index in [9.17, 15) is 14.7 Å². The molecule has 7 nitrogen and oxygen atoms in total. The summed E-state index contributed by atoms with van der Waals surface area (Å²) in [5.74, 6) is -0.0115. The van der Waals surface area contributed by atoms with E-state index in [0.29, 0.717) is 36.8 Å². The molecule has 1 aromatic carbocycles. The number of hydrogen-bond donors (Lipinski definition) is 1. The fourth-order valence-electron chi connectivity index (χ4n) is 3.60. The number of benzene rings is 1. The lowest BCUT2D eigenvalue weighted by Gasteiger charge is -2.37. The summed E-state index contributed by atoms with van der Waals surface area (Å²) in [5.41, 5.74) is 1.39. The summed E-state index contributed by atoms with van der Waals surface area (Å²) >= 11 is 0. The van der Waals surface area contributed by atoms with Crippen LogP contribution in [-0.2, 0) is 16.7 Å². The summed E-state index contributed by atoms with van der Waals surface area (Å²) in [6.45, 7) is 5.14. The highest BCUT2D eigenvalue weighted by Gasteiger charge is 2.32. The van der Waals surface area contributed by atoms with Gasteiger partial charge in [0.05, 0.1) is 19.4 Å². The zero-order chi connectivity index (χ0) is 20.5. The minimum Gasteiger partial charge on any atom is -0.493 e. The average Bonchev–Trinajstić information content (AvgIpc) is 2.63. The standard InChI is InChI=1S/C21H25NO6/c1-21(2)11-13-8-19(28-7-5-6-26-3)18(27-4)9-14(13)16-10-17(23)15(20(24)25)12-22(16)21/h8-10,12H,5-7,11H2,1-4H3,(H,24,25). The number of hydrogen-bond acceptors (Lipinski definition) is 5. The van der Waals surface area contributed by atoms with Crippen LogP contribution >= 0.6 is 0 Å². The van der Waals surface area contributed by atoms with E-state index in [1.54, 1.807) is 14.2 Å². The van der Waals surface area contributed by atoms with Crippen LogP contribution in [-0.4, -0.2) is 43.1 Å². The van der Waals surface area contributed by atoms with Gasteiger partial charge in [0.15, 0.2) is 16.9 Å². The highest BCUT2D eigenvalue weighted by molar-refractivity contribution is 5.88. The molecular formula is C21H25NO6. The van der Waals surface area contributed by atoms with E-state index in [2.05, 4.69) is 0 Å². The van der Waals surface area contributed by atoms with Crippen molar-refractivity contribution >= 4 is 5.97 Å². The Morgan fingerprint density at radius 1 is 1.18 bits per heavy atom. The molecule has 0 amide bonds. The number of rotatable bonds is 7. The molecule has 0 atom stereocenters. The van der Waals surface area contributed by atoms with Gasteiger partial charge in [0.2, 0.25) is 0 Å². The highest BCUT2D eigenvalue weighted by atomic mass is 16.5. The number of fused-ring (bicyclic) bond motifs is 3. The van der Waals surface area contributed by atoms with Crippen LogP contribution in [0.2, 0.25) is 0 Å². The number of carboxylic acids is 1. The molecule has 0 bridgehead atoms. The SMILES string of the molecule is COCCCOc1cc2c(cc1OC)-c1cc(=O)c(C(=O)O)cn1C(C)(C)C2. The van der Waals surface area contributed by atoms with Gasteiger partial charge >= 0.3 is 5.97 Å². The maximum Gasteiger partial charge on any atom is 0.341 e. The van der Waals surface area contributed by atoms with E-state index in [4.69, 9.17) is 14.2 Å². The van der Waals surface area contributed by atoms with Crippen molar-refractivity contribution in [1.29, 1.82) is 0 Å². The fourth-order valence-corrected chi connectivity index (χ4v) is 3.60. The third-order valence-corrected chi connectivity index (χ3v) is 4.97. The zero-order valence-corrected chi connectivity index (χ0v) is 16.6. The second-order valence-corrected chi connectivity index (χ2v) is 7.46. The number of methoxy groups -OCH3 is 2. The molecule has 0 unspecified atom stereocenters. The molecule has 1 N–H and O–H groups in total. The van der Waals surface area contributed by atoms with Gasteiger partial charge in [-0.3, -0.25) is 4.79 Å². The third-order valence-electron chi connectivity index (χ3n) is 4.97. The summed E-state index contributed by atoms with van der Waals surface area (Å²) in [6.07, 6.45) is 2.86. The van der Waals surface area contributed by atoms with Crippen LogP contribution in [0.15, 0.2) is 29.2 Å². The number of nitrogens with zero attached hydrogens (tertiary/aromatic N) is 1. The molecule has 7 heteroatoms. The zero-order valence-electron chi connectivity index (χ0n) is 16.6. The van der Waals surface area contributed by atoms with Crippen molar-refractivity contribution in [2.75, 3.05) is 27.4 Å². The largest absolute Gasteiger partial charge is 0.493 e. The van der Waals surface area contributed by atoms with Gasteiger partial charge < -0.3 is 23.9 Å². The maximum absolute atomic E-state index is 12.3. The van der Waals surface area contributed by atoms with Crippen LogP contribution in [0.3, 0.4) is 0 Å². The number of carboxylic acid groups (broad SMARTS) is 1. The molecule has 0 aliphatic carbocycles. The lowest BCUT2D eigenvalue weighted by atomic mass is 9.85. The Kier molecular flexibility index (Phi) is 5.47. The van der Waals surface area contributed by atoms with Gasteiger partial charge in [-0.2, -0.15) is 0 Å². The monoisotopic (exact) mass is 387 g/mol. The Morgan fingerprint density at radius 2 is 1.93 bits per heavy atom. The number of aromatic carboxylic acids is 1. The molecule has 1 aliphatic rings. The van der Waals surface area contributed by atoms with Crippen molar-refractivity contribution in [3.63, 3.8) is 0 Å². The Balaban J connectivity index is 2.10. The second-order valence-electron chi connectivity index (χ2n) is 7.46. The number of pyridine rings is 1. The van der Waals surface area contributed by atoms with E-state index < -0.39 is 16.9 Å². The predicted molar refractivity (Wildman–Crippen MR) is 105 cm³/mol. The summed E-state index contributed by atoms with van der Waals surface area (Å²) < 4.78 is 18.3. The van der Waals surface area contributed by atoms with Gasteiger partial charge in [0.25, 0.3) is 0 Å². The van der Waals surface area contributed by atoms with Crippen LogP contribution in [0, 0.1) is 0 Å². The lowest BCUT2D eigenvalue weighted by molar-refractivity contribution is 0.0694. The van der Waals surface area contributed by atoms with Crippen molar-refractivity contribution in [2.45, 2.75) is 32.2 Å². The first-order valence-corrected chi connectivity index (χ1v) is 9.12. The quantitative estimate of drug-likeness (QED) is 0.735. The van der Waals surface area contributed by atoms with Crippen molar-refractivity contribution in [3.8, 4) is 22.8 Å². The Hall–Kier alpha value is -2.80. The van der Waals surface area contributed by atoms with Gasteiger partial charge in [-0.25, -0.2) is 4.79 Å². The number of aromatic nitrogens is 1. The highest BCUT2D eigenvalue weighted by Crippen LogP contribution is 2.42. The van der Waals surface area contributed by atoms with Crippen LogP contribution in [0.1, 0.15) is 36.2 Å². The smallest absolute Gasteiger partial charge is 0.341 e. The molecule has 150 valence electrons. The Morgan fingerprint density at radius 3 is 2.57 bits per heavy atom. The summed E-state index contributed by atoms with van der Waals surface area (Å²) in [6, 6.07) is 5.19. The van der Waals surface area contributed by atoms with Crippen molar-refractivity contribution < 1.29 is 24.1 Å². The van der Waals surface area contributed by atoms with Gasteiger partial charge in [0, 0.05) is 43.5 Å². The van der Waals surface area contributed by atoms with Gasteiger partial charge in [0.1, 0.15) is 5.56 Å². The van der Waals surface area contributed by atoms with Gasteiger partial charge in [-0.15, -0.1) is 0 Å². The van der Waals surface area contributed by atoms with Gasteiger partial charge in [-0.05, 0) is 38.0 Å². The maximum atomic E-state index is 12.3. The number of carbonyl (C=O) groups is 1. The average molecular weight is 387 g/mol. The molecule has 2 heterocycles. The van der Waals surface area contributed by atoms with E-state index in [0.717, 1.165) is 17.5 Å². The molecule has 1 aromatic heterocycles. The molecular weight excluding hydrogens is 362 g/mol. The van der Waals surface area contributed by atoms with Crippen LogP contribution in [0.5, 0.6) is 11.5 Å². The molecule has 0 fully saturated rings. The minimum absolute atomic E-state index is 0.231. The van der Waals surface area contributed by atoms with E-state index in [-0.39, 0.29) is 5.56 Å². The Bertz CT molecular complexity index is 960. The summed E-state index contributed by atoms with van der Waals surface area (Å²) in [5, 5.41) is 9.31. The first kappa shape index (κ1) is 19.9. The molecule has 3 rings (SSSR count). The summed E-state index contributed by atoms with van der Waals surface area (Å²) in [7, 11) is 3.22. The van der Waals surface area contributed by atoms with Crippen molar-refractivity contribution in [2.24, 2.45) is 0 Å². The molecule has 28 heavy (non-hydrogen) atoms. The molecule has 1 aliphatic heterocycles. The van der Waals surface area contributed by atoms with Crippen molar-refractivity contribution in [3.05, 3.63) is 45.7 Å². The topological polar surface area (TPSA) is 87.0 Å².